The first-order valence-electron chi connectivity index (χ1n) is 9.68. The van der Waals surface area contributed by atoms with Gasteiger partial charge < -0.3 is 10.1 Å². The molecule has 148 valence electrons. The second kappa shape index (κ2) is 9.82. The molecule has 0 radical (unpaired) electrons. The molecule has 3 rings (SSSR count). The van der Waals surface area contributed by atoms with Crippen LogP contribution in [0.15, 0.2) is 42.6 Å². The van der Waals surface area contributed by atoms with Crippen molar-refractivity contribution < 1.29 is 14.3 Å². The van der Waals surface area contributed by atoms with Gasteiger partial charge in [-0.1, -0.05) is 55.3 Å². The molecule has 0 unspecified atom stereocenters. The Morgan fingerprint density at radius 2 is 2.04 bits per heavy atom. The predicted molar refractivity (Wildman–Crippen MR) is 105 cm³/mol. The van der Waals surface area contributed by atoms with Gasteiger partial charge in [-0.05, 0) is 30.4 Å². The summed E-state index contributed by atoms with van der Waals surface area (Å²) >= 11 is 0. The van der Waals surface area contributed by atoms with Gasteiger partial charge in [0.05, 0.1) is 12.7 Å². The van der Waals surface area contributed by atoms with Crippen LogP contribution in [0.4, 0.5) is 0 Å². The molecule has 1 heterocycles. The van der Waals surface area contributed by atoms with Gasteiger partial charge in [0.2, 0.25) is 0 Å². The lowest BCUT2D eigenvalue weighted by atomic mass is 9.86. The number of hydrogen-bond acceptors (Lipinski definition) is 5. The van der Waals surface area contributed by atoms with Crippen LogP contribution in [-0.4, -0.2) is 39.5 Å². The molecule has 1 aliphatic carbocycles. The van der Waals surface area contributed by atoms with E-state index in [1.54, 1.807) is 10.9 Å². The van der Waals surface area contributed by atoms with E-state index in [1.807, 2.05) is 30.3 Å². The van der Waals surface area contributed by atoms with Gasteiger partial charge in [0.15, 0.2) is 6.61 Å². The number of carbonyl (C=O) groups is 2. The molecule has 1 N–H and O–H groups in total. The molecule has 1 fully saturated rings. The maximum absolute atomic E-state index is 12.0. The van der Waals surface area contributed by atoms with Gasteiger partial charge >= 0.3 is 5.97 Å². The first kappa shape index (κ1) is 19.8. The SMILES string of the molecule is C[C@H]1CCCC[C@@H]1NC(=O)COC(=O)/C=C/c1cn(Cc2ccccc2)nn1. The maximum atomic E-state index is 12.0. The van der Waals surface area contributed by atoms with Gasteiger partial charge in [-0.25, -0.2) is 9.48 Å². The molecule has 28 heavy (non-hydrogen) atoms. The Morgan fingerprint density at radius 3 is 2.82 bits per heavy atom. The second-order valence-electron chi connectivity index (χ2n) is 7.20. The maximum Gasteiger partial charge on any atom is 0.331 e. The van der Waals surface area contributed by atoms with Crippen molar-refractivity contribution in [2.75, 3.05) is 6.61 Å². The van der Waals surface area contributed by atoms with Crippen LogP contribution in [0.5, 0.6) is 0 Å². The summed E-state index contributed by atoms with van der Waals surface area (Å²) in [7, 11) is 0. The van der Waals surface area contributed by atoms with E-state index < -0.39 is 5.97 Å². The first-order valence-corrected chi connectivity index (χ1v) is 9.68. The molecule has 2 atom stereocenters. The average Bonchev–Trinajstić information content (AvgIpc) is 3.15. The number of nitrogens with one attached hydrogen (secondary N) is 1. The molecule has 0 saturated heterocycles. The smallest absolute Gasteiger partial charge is 0.331 e. The quantitative estimate of drug-likeness (QED) is 0.588. The Balaban J connectivity index is 1.42. The highest BCUT2D eigenvalue weighted by Gasteiger charge is 2.22. The van der Waals surface area contributed by atoms with Crippen molar-refractivity contribution in [3.63, 3.8) is 0 Å². The highest BCUT2D eigenvalue weighted by Crippen LogP contribution is 2.23. The topological polar surface area (TPSA) is 86.1 Å². The number of aromatic nitrogens is 3. The first-order chi connectivity index (χ1) is 13.6. The normalized spacial score (nSPS) is 19.5. The Morgan fingerprint density at radius 1 is 1.25 bits per heavy atom. The number of amides is 1. The minimum atomic E-state index is -0.579. The molecule has 1 amide bonds. The number of rotatable bonds is 7. The van der Waals surface area contributed by atoms with Crippen molar-refractivity contribution in [3.8, 4) is 0 Å². The van der Waals surface area contributed by atoms with E-state index in [0.29, 0.717) is 18.2 Å². The molecule has 7 nitrogen and oxygen atoms in total. The van der Waals surface area contributed by atoms with Gasteiger partial charge in [-0.15, -0.1) is 5.10 Å². The number of nitrogens with zero attached hydrogens (tertiary/aromatic N) is 3. The van der Waals surface area contributed by atoms with Crippen LogP contribution < -0.4 is 5.32 Å². The molecule has 0 aliphatic heterocycles. The van der Waals surface area contributed by atoms with Crippen molar-refractivity contribution >= 4 is 18.0 Å². The van der Waals surface area contributed by atoms with E-state index in [4.69, 9.17) is 4.74 Å². The predicted octanol–water partition coefficient (Wildman–Crippen LogP) is 2.58. The summed E-state index contributed by atoms with van der Waals surface area (Å²) in [6.07, 6.45) is 8.98. The summed E-state index contributed by atoms with van der Waals surface area (Å²) < 4.78 is 6.71. The molecule has 0 bridgehead atoms. The highest BCUT2D eigenvalue weighted by atomic mass is 16.5. The molecule has 1 aliphatic rings. The minimum absolute atomic E-state index is 0.176. The monoisotopic (exact) mass is 382 g/mol. The lowest BCUT2D eigenvalue weighted by Gasteiger charge is -2.29. The van der Waals surface area contributed by atoms with Crippen LogP contribution in [-0.2, 0) is 20.9 Å². The fourth-order valence-corrected chi connectivity index (χ4v) is 3.35. The fraction of sp³-hybridized carbons (Fsp3) is 0.429. The van der Waals surface area contributed by atoms with Gasteiger partial charge in [-0.3, -0.25) is 4.79 Å². The summed E-state index contributed by atoms with van der Waals surface area (Å²) in [5.74, 6) is -0.370. The number of hydrogen-bond donors (Lipinski definition) is 1. The standard InChI is InChI=1S/C21H26N4O3/c1-16-7-5-6-10-19(16)22-20(26)15-28-21(27)12-11-18-14-25(24-23-18)13-17-8-3-2-4-9-17/h2-4,8-9,11-12,14,16,19H,5-7,10,13,15H2,1H3,(H,22,26)/b12-11+/t16-,19-/m0/s1. The zero-order valence-corrected chi connectivity index (χ0v) is 16.1. The molecule has 1 aromatic heterocycles. The Hall–Kier alpha value is -2.96. The van der Waals surface area contributed by atoms with E-state index in [1.165, 1.54) is 18.6 Å². The number of benzene rings is 1. The third-order valence-corrected chi connectivity index (χ3v) is 4.94. The molecule has 1 saturated carbocycles. The minimum Gasteiger partial charge on any atom is -0.452 e. The van der Waals surface area contributed by atoms with Crippen LogP contribution in [0.1, 0.15) is 43.9 Å². The van der Waals surface area contributed by atoms with Crippen LogP contribution in [0.2, 0.25) is 0 Å². The molecular weight excluding hydrogens is 356 g/mol. The molecule has 7 heteroatoms. The Bertz CT molecular complexity index is 816. The van der Waals surface area contributed by atoms with Crippen molar-refractivity contribution in [2.24, 2.45) is 5.92 Å². The van der Waals surface area contributed by atoms with E-state index in [0.717, 1.165) is 24.8 Å². The van der Waals surface area contributed by atoms with E-state index in [9.17, 15) is 9.59 Å². The summed E-state index contributed by atoms with van der Waals surface area (Å²) in [5.41, 5.74) is 1.66. The number of ether oxygens (including phenoxy) is 1. The summed E-state index contributed by atoms with van der Waals surface area (Å²) in [6, 6.07) is 10.1. The lowest BCUT2D eigenvalue weighted by molar-refractivity contribution is -0.144. The van der Waals surface area contributed by atoms with Gasteiger partial charge in [0, 0.05) is 12.1 Å². The largest absolute Gasteiger partial charge is 0.452 e. The van der Waals surface area contributed by atoms with Crippen LogP contribution in [0, 0.1) is 5.92 Å². The van der Waals surface area contributed by atoms with Crippen molar-refractivity contribution in [1.29, 1.82) is 0 Å². The average molecular weight is 382 g/mol. The Kier molecular flexibility index (Phi) is 6.94. The molecular formula is C21H26N4O3. The zero-order valence-electron chi connectivity index (χ0n) is 16.1. The second-order valence-corrected chi connectivity index (χ2v) is 7.20. The van der Waals surface area contributed by atoms with Gasteiger partial charge in [-0.2, -0.15) is 0 Å². The van der Waals surface area contributed by atoms with Gasteiger partial charge in [0.25, 0.3) is 5.91 Å². The molecule has 1 aromatic carbocycles. The van der Waals surface area contributed by atoms with Crippen LogP contribution in [0.3, 0.4) is 0 Å². The van der Waals surface area contributed by atoms with Gasteiger partial charge in [0.1, 0.15) is 5.69 Å². The molecule has 2 aromatic rings. The fourth-order valence-electron chi connectivity index (χ4n) is 3.35. The highest BCUT2D eigenvalue weighted by molar-refractivity contribution is 5.89. The van der Waals surface area contributed by atoms with Crippen molar-refractivity contribution in [2.45, 2.75) is 45.2 Å². The zero-order chi connectivity index (χ0) is 19.8. The molecule has 0 spiro atoms. The lowest BCUT2D eigenvalue weighted by Crippen LogP contribution is -2.42. The Labute approximate surface area is 164 Å². The van der Waals surface area contributed by atoms with E-state index in [-0.39, 0.29) is 18.6 Å². The van der Waals surface area contributed by atoms with Crippen LogP contribution >= 0.6 is 0 Å². The van der Waals surface area contributed by atoms with Crippen molar-refractivity contribution in [3.05, 3.63) is 53.9 Å². The van der Waals surface area contributed by atoms with Crippen molar-refractivity contribution in [1.82, 2.24) is 20.3 Å². The van der Waals surface area contributed by atoms with E-state index in [2.05, 4.69) is 22.6 Å². The third kappa shape index (κ3) is 6.04. The number of esters is 1. The van der Waals surface area contributed by atoms with Crippen LogP contribution in [0.25, 0.3) is 6.08 Å². The summed E-state index contributed by atoms with van der Waals surface area (Å²) in [4.78, 5) is 23.8. The summed E-state index contributed by atoms with van der Waals surface area (Å²) in [6.45, 7) is 2.47. The number of carbonyl (C=O) groups excluding carboxylic acids is 2. The third-order valence-electron chi connectivity index (χ3n) is 4.94. The van der Waals surface area contributed by atoms with E-state index >= 15 is 0 Å². The summed E-state index contributed by atoms with van der Waals surface area (Å²) in [5, 5.41) is 11.0.